The average Bonchev–Trinajstić information content (AvgIpc) is 2.67. The van der Waals surface area contributed by atoms with Crippen LogP contribution in [0.3, 0.4) is 0 Å². The van der Waals surface area contributed by atoms with Crippen molar-refractivity contribution in [1.29, 1.82) is 0 Å². The van der Waals surface area contributed by atoms with Crippen molar-refractivity contribution >= 4 is 38.7 Å². The smallest absolute Gasteiger partial charge is 1.00 e. The molecule has 0 aliphatic rings. The number of hydrogen-bond acceptors (Lipinski definition) is 3. The Bertz CT molecular complexity index is 975. The zero-order chi connectivity index (χ0) is 20.3. The van der Waals surface area contributed by atoms with Gasteiger partial charge in [0.1, 0.15) is 0 Å². The molecular weight excluding hydrogens is 537 g/mol. The van der Waals surface area contributed by atoms with Gasteiger partial charge in [0.25, 0.3) is 0 Å². The Kier molecular flexibility index (Phi) is 12.5. The van der Waals surface area contributed by atoms with E-state index in [1.807, 2.05) is 44.2 Å². The predicted molar refractivity (Wildman–Crippen MR) is 123 cm³/mol. The zero-order valence-corrected chi connectivity index (χ0v) is 22.2. The summed E-state index contributed by atoms with van der Waals surface area (Å²) in [5, 5.41) is 0. The molecule has 7 heteroatoms. The number of rotatable bonds is 4. The van der Waals surface area contributed by atoms with E-state index in [0.717, 1.165) is 55.3 Å². The van der Waals surface area contributed by atoms with E-state index < -0.39 is 0 Å². The van der Waals surface area contributed by atoms with Crippen LogP contribution >= 0.6 is 15.9 Å². The van der Waals surface area contributed by atoms with Crippen molar-refractivity contribution in [3.63, 3.8) is 0 Å². The molecule has 0 amide bonds. The summed E-state index contributed by atoms with van der Waals surface area (Å²) in [6.45, 7) is 10.2. The maximum Gasteiger partial charge on any atom is 2.00 e. The van der Waals surface area contributed by atoms with Crippen LogP contribution in [0.25, 0.3) is 0 Å². The maximum absolute atomic E-state index is 4.85. The van der Waals surface area contributed by atoms with Crippen molar-refractivity contribution < 1.29 is 41.9 Å². The normalized spacial score (nSPS) is 11.2. The molecule has 0 fully saturated rings. The van der Waals surface area contributed by atoms with Crippen LogP contribution in [0.4, 0.5) is 11.4 Å². The SMILES string of the molecule is C/C(=N\c1c(C)cccc1C)c1cccc(/C(C)=N/c2c(C)cccc2Br)n1.[Cl-].[Cl-].[Fe+2]. The second-order valence-corrected chi connectivity index (χ2v) is 7.80. The number of hydrogen-bond donors (Lipinski definition) is 0. The van der Waals surface area contributed by atoms with Gasteiger partial charge in [-0.15, -0.1) is 0 Å². The number of pyridine rings is 1. The van der Waals surface area contributed by atoms with Crippen LogP contribution in [-0.4, -0.2) is 16.4 Å². The van der Waals surface area contributed by atoms with Crippen LogP contribution in [0.1, 0.15) is 41.9 Å². The standard InChI is InChI=1S/C24H24BrN3.2ClH.Fe/c1-15-9-6-10-16(2)23(15)26-18(4)21-13-8-14-22(28-21)19(5)27-24-17(3)11-7-12-20(24)25;;;/h6-14H,1-5H3;2*1H;/q;;;+2/p-2/b26-18+,27-19+;;;. The second kappa shape index (κ2) is 13.1. The number of para-hydroxylation sites is 2. The number of benzene rings is 2. The van der Waals surface area contributed by atoms with E-state index in [2.05, 4.69) is 61.0 Å². The molecule has 3 aromatic rings. The summed E-state index contributed by atoms with van der Waals surface area (Å²) in [5.74, 6) is 0. The molecule has 1 heterocycles. The number of halogens is 3. The number of nitrogens with zero attached hydrogens (tertiary/aromatic N) is 3. The largest absolute Gasteiger partial charge is 2.00 e. The fourth-order valence-corrected chi connectivity index (χ4v) is 3.59. The van der Waals surface area contributed by atoms with E-state index in [0.29, 0.717) is 0 Å². The van der Waals surface area contributed by atoms with Gasteiger partial charge in [0, 0.05) is 4.47 Å². The Hall–Kier alpha value is -1.49. The molecule has 0 bridgehead atoms. The third-order valence-electron chi connectivity index (χ3n) is 4.68. The van der Waals surface area contributed by atoms with Gasteiger partial charge in [0.2, 0.25) is 0 Å². The minimum absolute atomic E-state index is 0. The van der Waals surface area contributed by atoms with Gasteiger partial charge in [-0.05, 0) is 85.4 Å². The van der Waals surface area contributed by atoms with E-state index >= 15 is 0 Å². The summed E-state index contributed by atoms with van der Waals surface area (Å²) in [5.41, 5.74) is 8.88. The van der Waals surface area contributed by atoms with Gasteiger partial charge < -0.3 is 24.8 Å². The van der Waals surface area contributed by atoms with Crippen LogP contribution in [0.15, 0.2) is 69.1 Å². The summed E-state index contributed by atoms with van der Waals surface area (Å²) in [7, 11) is 0. The molecule has 0 saturated carbocycles. The Morgan fingerprint density at radius 1 is 0.677 bits per heavy atom. The average molecular weight is 561 g/mol. The zero-order valence-electron chi connectivity index (χ0n) is 18.0. The van der Waals surface area contributed by atoms with Gasteiger partial charge in [-0.3, -0.25) is 9.98 Å². The molecule has 2 aromatic carbocycles. The maximum atomic E-state index is 4.85. The Morgan fingerprint density at radius 3 is 1.55 bits per heavy atom. The molecule has 164 valence electrons. The van der Waals surface area contributed by atoms with Gasteiger partial charge >= 0.3 is 17.1 Å². The Labute approximate surface area is 216 Å². The van der Waals surface area contributed by atoms with Crippen LogP contribution in [-0.2, 0) is 17.1 Å². The van der Waals surface area contributed by atoms with Crippen LogP contribution < -0.4 is 24.8 Å². The van der Waals surface area contributed by atoms with Crippen molar-refractivity contribution in [3.8, 4) is 0 Å². The molecule has 0 N–H and O–H groups in total. The monoisotopic (exact) mass is 559 g/mol. The van der Waals surface area contributed by atoms with Crippen LogP contribution in [0.2, 0.25) is 0 Å². The summed E-state index contributed by atoms with van der Waals surface area (Å²) in [6.07, 6.45) is 0. The van der Waals surface area contributed by atoms with E-state index in [1.165, 1.54) is 0 Å². The molecule has 31 heavy (non-hydrogen) atoms. The number of aliphatic imine (C=N–C) groups is 2. The minimum atomic E-state index is 0. The molecule has 1 aromatic heterocycles. The first-order valence-corrected chi connectivity index (χ1v) is 10.1. The Balaban J connectivity index is 0.00000300. The molecule has 0 aliphatic carbocycles. The van der Waals surface area contributed by atoms with Gasteiger partial charge in [0.15, 0.2) is 0 Å². The van der Waals surface area contributed by atoms with Crippen molar-refractivity contribution in [2.45, 2.75) is 34.6 Å². The summed E-state index contributed by atoms with van der Waals surface area (Å²) >= 11 is 3.59. The van der Waals surface area contributed by atoms with Gasteiger partial charge in [-0.1, -0.05) is 36.4 Å². The summed E-state index contributed by atoms with van der Waals surface area (Å²) < 4.78 is 0.982. The predicted octanol–water partition coefficient (Wildman–Crippen LogP) is 1.06. The van der Waals surface area contributed by atoms with E-state index in [-0.39, 0.29) is 41.9 Å². The van der Waals surface area contributed by atoms with Gasteiger partial charge in [-0.25, -0.2) is 4.98 Å². The van der Waals surface area contributed by atoms with E-state index in [4.69, 9.17) is 15.0 Å². The Morgan fingerprint density at radius 2 is 1.06 bits per heavy atom. The molecule has 0 aliphatic heterocycles. The first-order valence-electron chi connectivity index (χ1n) is 9.26. The molecule has 0 atom stereocenters. The summed E-state index contributed by atoms with van der Waals surface area (Å²) in [4.78, 5) is 14.5. The molecular formula is C24H24BrCl2FeN3. The fourth-order valence-electron chi connectivity index (χ4n) is 3.03. The quantitative estimate of drug-likeness (QED) is 0.347. The summed E-state index contributed by atoms with van der Waals surface area (Å²) in [6, 6.07) is 18.3. The molecule has 0 saturated heterocycles. The molecule has 3 nitrogen and oxygen atoms in total. The third-order valence-corrected chi connectivity index (χ3v) is 5.32. The van der Waals surface area contributed by atoms with E-state index in [1.54, 1.807) is 0 Å². The molecule has 0 unspecified atom stereocenters. The van der Waals surface area contributed by atoms with Crippen molar-refractivity contribution in [2.24, 2.45) is 9.98 Å². The second-order valence-electron chi connectivity index (χ2n) is 6.95. The van der Waals surface area contributed by atoms with Crippen LogP contribution in [0.5, 0.6) is 0 Å². The topological polar surface area (TPSA) is 37.6 Å². The van der Waals surface area contributed by atoms with Crippen molar-refractivity contribution in [2.75, 3.05) is 0 Å². The van der Waals surface area contributed by atoms with Crippen LogP contribution in [0, 0.1) is 20.8 Å². The number of aromatic nitrogens is 1. The van der Waals surface area contributed by atoms with Crippen molar-refractivity contribution in [1.82, 2.24) is 4.98 Å². The fraction of sp³-hybridized carbons (Fsp3) is 0.208. The first-order chi connectivity index (χ1) is 13.4. The van der Waals surface area contributed by atoms with Gasteiger partial charge in [-0.2, -0.15) is 0 Å². The van der Waals surface area contributed by atoms with Gasteiger partial charge in [0.05, 0.1) is 34.2 Å². The molecule has 0 radical (unpaired) electrons. The minimum Gasteiger partial charge on any atom is -1.00 e. The van der Waals surface area contributed by atoms with Crippen molar-refractivity contribution in [3.05, 3.63) is 87.1 Å². The molecule has 3 rings (SSSR count). The third kappa shape index (κ3) is 7.27. The van der Waals surface area contributed by atoms with E-state index in [9.17, 15) is 0 Å². The first kappa shape index (κ1) is 29.5. The number of aryl methyl sites for hydroxylation is 3. The molecule has 0 spiro atoms.